The number of unbranched alkanes of at least 4 members (excludes halogenated alkanes) is 2. The molecule has 0 unspecified atom stereocenters. The third kappa shape index (κ3) is 6.17. The van der Waals surface area contributed by atoms with Crippen LogP contribution in [0.5, 0.6) is 5.75 Å². The lowest BCUT2D eigenvalue weighted by atomic mass is 10.1. The van der Waals surface area contributed by atoms with Gasteiger partial charge in [-0.1, -0.05) is 12.1 Å². The molecule has 1 amide bonds. The van der Waals surface area contributed by atoms with Gasteiger partial charge >= 0.3 is 0 Å². The Morgan fingerprint density at radius 2 is 2.00 bits per heavy atom. The second-order valence-corrected chi connectivity index (χ2v) is 5.40. The lowest BCUT2D eigenvalue weighted by molar-refractivity contribution is -0.130. The van der Waals surface area contributed by atoms with Crippen molar-refractivity contribution in [3.8, 4) is 5.75 Å². The van der Waals surface area contributed by atoms with Gasteiger partial charge in [-0.25, -0.2) is 0 Å². The van der Waals surface area contributed by atoms with E-state index in [0.717, 1.165) is 37.1 Å². The summed E-state index contributed by atoms with van der Waals surface area (Å²) in [7, 11) is 1.82. The van der Waals surface area contributed by atoms with Crippen LogP contribution in [0.2, 0.25) is 0 Å². The lowest BCUT2D eigenvalue weighted by Gasteiger charge is -2.17. The number of aryl methyl sites for hydroxylation is 1. The largest absolute Gasteiger partial charge is 0.493 e. The zero-order chi connectivity index (χ0) is 15.7. The van der Waals surface area contributed by atoms with Crippen LogP contribution in [0.4, 0.5) is 0 Å². The molecule has 0 atom stereocenters. The van der Waals surface area contributed by atoms with E-state index in [9.17, 15) is 4.79 Å². The summed E-state index contributed by atoms with van der Waals surface area (Å²) in [4.78, 5) is 13.7. The molecule has 0 heterocycles. The minimum Gasteiger partial charge on any atom is -0.493 e. The summed E-state index contributed by atoms with van der Waals surface area (Å²) >= 11 is 0. The van der Waals surface area contributed by atoms with Crippen molar-refractivity contribution < 1.29 is 14.6 Å². The van der Waals surface area contributed by atoms with Crippen molar-refractivity contribution in [3.05, 3.63) is 29.3 Å². The minimum atomic E-state index is 0.101. The quantitative estimate of drug-likeness (QED) is 0.712. The Kier molecular flexibility index (Phi) is 7.83. The summed E-state index contributed by atoms with van der Waals surface area (Å²) in [6.45, 7) is 5.45. The van der Waals surface area contributed by atoms with E-state index < -0.39 is 0 Å². The highest BCUT2D eigenvalue weighted by Gasteiger charge is 2.09. The minimum absolute atomic E-state index is 0.101. The first-order chi connectivity index (χ1) is 10.1. The van der Waals surface area contributed by atoms with Crippen molar-refractivity contribution in [2.45, 2.75) is 39.5 Å². The van der Waals surface area contributed by atoms with Crippen LogP contribution < -0.4 is 4.74 Å². The first-order valence-corrected chi connectivity index (χ1v) is 7.60. The normalized spacial score (nSPS) is 10.5. The maximum absolute atomic E-state index is 11.9. The van der Waals surface area contributed by atoms with Gasteiger partial charge in [-0.05, 0) is 50.3 Å². The van der Waals surface area contributed by atoms with Gasteiger partial charge < -0.3 is 14.7 Å². The second kappa shape index (κ2) is 9.40. The Bertz CT molecular complexity index is 446. The standard InChI is InChI=1S/C17H27NO3/c1-14-8-7-9-16(15(14)2)21-13-10-17(20)18(3)11-5-4-6-12-19/h7-9,19H,4-6,10-13H2,1-3H3. The van der Waals surface area contributed by atoms with E-state index in [1.807, 2.05) is 39.1 Å². The zero-order valence-electron chi connectivity index (χ0n) is 13.4. The summed E-state index contributed by atoms with van der Waals surface area (Å²) in [5.41, 5.74) is 2.32. The molecule has 0 fully saturated rings. The van der Waals surface area contributed by atoms with Gasteiger partial charge in [0.1, 0.15) is 5.75 Å². The van der Waals surface area contributed by atoms with Crippen LogP contribution in [0.25, 0.3) is 0 Å². The number of aliphatic hydroxyl groups is 1. The molecular formula is C17H27NO3. The molecule has 0 aromatic heterocycles. The predicted molar refractivity (Wildman–Crippen MR) is 84.6 cm³/mol. The molecule has 1 aromatic carbocycles. The Hall–Kier alpha value is -1.55. The molecule has 0 aliphatic heterocycles. The number of carbonyl (C=O) groups is 1. The number of amides is 1. The van der Waals surface area contributed by atoms with Gasteiger partial charge in [-0.15, -0.1) is 0 Å². The van der Waals surface area contributed by atoms with Gasteiger partial charge in [0.25, 0.3) is 0 Å². The number of nitrogens with zero attached hydrogens (tertiary/aromatic N) is 1. The van der Waals surface area contributed by atoms with E-state index in [1.54, 1.807) is 4.90 Å². The average molecular weight is 293 g/mol. The van der Waals surface area contributed by atoms with E-state index in [-0.39, 0.29) is 12.5 Å². The van der Waals surface area contributed by atoms with Crippen LogP contribution in [0, 0.1) is 13.8 Å². The predicted octanol–water partition coefficient (Wildman–Crippen LogP) is 2.69. The number of hydrogen-bond donors (Lipinski definition) is 1. The van der Waals surface area contributed by atoms with Gasteiger partial charge in [-0.2, -0.15) is 0 Å². The van der Waals surface area contributed by atoms with E-state index in [1.165, 1.54) is 5.56 Å². The monoisotopic (exact) mass is 293 g/mol. The van der Waals surface area contributed by atoms with Crippen molar-refractivity contribution in [3.63, 3.8) is 0 Å². The molecule has 1 rings (SSSR count). The van der Waals surface area contributed by atoms with Gasteiger partial charge in [0.2, 0.25) is 5.91 Å². The molecule has 0 bridgehead atoms. The summed E-state index contributed by atoms with van der Waals surface area (Å²) < 4.78 is 5.70. The zero-order valence-corrected chi connectivity index (χ0v) is 13.4. The maximum atomic E-state index is 11.9. The fourth-order valence-electron chi connectivity index (χ4n) is 2.08. The van der Waals surface area contributed by atoms with Crippen LogP contribution in [0.15, 0.2) is 18.2 Å². The van der Waals surface area contributed by atoms with E-state index in [4.69, 9.17) is 9.84 Å². The molecule has 21 heavy (non-hydrogen) atoms. The Morgan fingerprint density at radius 3 is 2.71 bits per heavy atom. The number of ether oxygens (including phenoxy) is 1. The average Bonchev–Trinajstić information content (AvgIpc) is 2.47. The van der Waals surface area contributed by atoms with Crippen molar-refractivity contribution >= 4 is 5.91 Å². The molecular weight excluding hydrogens is 266 g/mol. The summed E-state index contributed by atoms with van der Waals surface area (Å²) in [5, 5.41) is 8.71. The highest BCUT2D eigenvalue weighted by atomic mass is 16.5. The molecule has 0 aliphatic carbocycles. The smallest absolute Gasteiger partial charge is 0.225 e. The topological polar surface area (TPSA) is 49.8 Å². The van der Waals surface area contributed by atoms with Crippen LogP contribution in [-0.4, -0.2) is 42.7 Å². The third-order valence-corrected chi connectivity index (χ3v) is 3.71. The van der Waals surface area contributed by atoms with Crippen LogP contribution in [-0.2, 0) is 4.79 Å². The molecule has 0 saturated carbocycles. The van der Waals surface area contributed by atoms with Crippen molar-refractivity contribution in [2.24, 2.45) is 0 Å². The van der Waals surface area contributed by atoms with Gasteiger partial charge in [0.05, 0.1) is 13.0 Å². The lowest BCUT2D eigenvalue weighted by Crippen LogP contribution is -2.29. The van der Waals surface area contributed by atoms with E-state index >= 15 is 0 Å². The SMILES string of the molecule is Cc1cccc(OCCC(=O)N(C)CCCCCO)c1C. The number of carbonyl (C=O) groups excluding carboxylic acids is 1. The molecule has 0 saturated heterocycles. The fourth-order valence-corrected chi connectivity index (χ4v) is 2.08. The molecule has 4 nitrogen and oxygen atoms in total. The van der Waals surface area contributed by atoms with Crippen LogP contribution >= 0.6 is 0 Å². The highest BCUT2D eigenvalue weighted by molar-refractivity contribution is 5.75. The van der Waals surface area contributed by atoms with Gasteiger partial charge in [0, 0.05) is 20.2 Å². The molecule has 4 heteroatoms. The van der Waals surface area contributed by atoms with Crippen LogP contribution in [0.1, 0.15) is 36.8 Å². The third-order valence-electron chi connectivity index (χ3n) is 3.71. The number of aliphatic hydroxyl groups excluding tert-OH is 1. The number of hydrogen-bond acceptors (Lipinski definition) is 3. The van der Waals surface area contributed by atoms with Crippen molar-refractivity contribution in [2.75, 3.05) is 26.8 Å². The molecule has 1 aromatic rings. The molecule has 118 valence electrons. The first-order valence-electron chi connectivity index (χ1n) is 7.60. The summed E-state index contributed by atoms with van der Waals surface area (Å²) in [6, 6.07) is 5.95. The molecule has 0 radical (unpaired) electrons. The van der Waals surface area contributed by atoms with E-state index in [0.29, 0.717) is 13.0 Å². The highest BCUT2D eigenvalue weighted by Crippen LogP contribution is 2.20. The molecule has 0 spiro atoms. The molecule has 1 N–H and O–H groups in total. The van der Waals surface area contributed by atoms with Crippen LogP contribution in [0.3, 0.4) is 0 Å². The number of rotatable bonds is 9. The fraction of sp³-hybridized carbons (Fsp3) is 0.588. The maximum Gasteiger partial charge on any atom is 0.225 e. The summed E-state index contributed by atoms with van der Waals surface area (Å²) in [6.07, 6.45) is 3.08. The van der Waals surface area contributed by atoms with Crippen molar-refractivity contribution in [1.29, 1.82) is 0 Å². The second-order valence-electron chi connectivity index (χ2n) is 5.40. The van der Waals surface area contributed by atoms with Gasteiger partial charge in [-0.3, -0.25) is 4.79 Å². The van der Waals surface area contributed by atoms with E-state index in [2.05, 4.69) is 0 Å². The first kappa shape index (κ1) is 17.5. The Morgan fingerprint density at radius 1 is 1.24 bits per heavy atom. The Balaban J connectivity index is 2.28. The Labute approximate surface area is 127 Å². The number of benzene rings is 1. The molecule has 0 aliphatic rings. The summed E-state index contributed by atoms with van der Waals surface area (Å²) in [5.74, 6) is 0.956. The van der Waals surface area contributed by atoms with Gasteiger partial charge in [0.15, 0.2) is 0 Å². The van der Waals surface area contributed by atoms with Crippen molar-refractivity contribution in [1.82, 2.24) is 4.90 Å².